The average Bonchev–Trinajstić information content (AvgIpc) is 2.92. The zero-order chi connectivity index (χ0) is 18.0. The Morgan fingerprint density at radius 2 is 2.16 bits per heavy atom. The third kappa shape index (κ3) is 3.96. The Balaban J connectivity index is 1.86. The van der Waals surface area contributed by atoms with Gasteiger partial charge in [-0.1, -0.05) is 11.6 Å². The number of ether oxygens (including phenoxy) is 1. The molecule has 0 unspecified atom stereocenters. The van der Waals surface area contributed by atoms with Crippen LogP contribution in [0.1, 0.15) is 16.1 Å². The molecule has 7 heteroatoms. The standard InChI is InChI=1S/C18H23ClN4O2/c1-21(2)9-13-10-22(12-15-6-7-20-23(15)11-13)18(24)14-4-5-17(25-3)16(19)8-14/h4-8,13H,9-12H2,1-3H3/t13-/m1/s1. The van der Waals surface area contributed by atoms with Gasteiger partial charge in [-0.25, -0.2) is 0 Å². The fraction of sp³-hybridized carbons (Fsp3) is 0.444. The normalized spacial score (nSPS) is 17.3. The van der Waals surface area contributed by atoms with E-state index in [4.69, 9.17) is 16.3 Å². The molecular weight excluding hydrogens is 340 g/mol. The molecule has 0 fully saturated rings. The van der Waals surface area contributed by atoms with Gasteiger partial charge < -0.3 is 14.5 Å². The largest absolute Gasteiger partial charge is 0.495 e. The first-order valence-corrected chi connectivity index (χ1v) is 8.64. The van der Waals surface area contributed by atoms with Gasteiger partial charge in [-0.3, -0.25) is 9.48 Å². The van der Waals surface area contributed by atoms with Gasteiger partial charge in [0.2, 0.25) is 0 Å². The third-order valence-corrected chi connectivity index (χ3v) is 4.67. The number of halogens is 1. The number of amides is 1. The maximum absolute atomic E-state index is 13.1. The molecule has 1 aliphatic heterocycles. The summed E-state index contributed by atoms with van der Waals surface area (Å²) in [5, 5.41) is 4.84. The second-order valence-corrected chi connectivity index (χ2v) is 7.08. The topological polar surface area (TPSA) is 50.6 Å². The summed E-state index contributed by atoms with van der Waals surface area (Å²) in [4.78, 5) is 17.1. The number of carbonyl (C=O) groups excluding carboxylic acids is 1. The number of rotatable bonds is 4. The number of carbonyl (C=O) groups is 1. The molecule has 1 aromatic carbocycles. The molecule has 0 aliphatic carbocycles. The summed E-state index contributed by atoms with van der Waals surface area (Å²) in [7, 11) is 5.65. The molecule has 1 aromatic heterocycles. The van der Waals surface area contributed by atoms with Gasteiger partial charge in [0, 0.05) is 37.3 Å². The van der Waals surface area contributed by atoms with Crippen LogP contribution < -0.4 is 4.74 Å². The van der Waals surface area contributed by atoms with Crippen molar-refractivity contribution in [3.8, 4) is 5.75 Å². The molecule has 0 saturated carbocycles. The van der Waals surface area contributed by atoms with E-state index in [9.17, 15) is 4.79 Å². The van der Waals surface area contributed by atoms with Crippen LogP contribution in [0.25, 0.3) is 0 Å². The van der Waals surface area contributed by atoms with Crippen molar-refractivity contribution in [2.45, 2.75) is 13.1 Å². The van der Waals surface area contributed by atoms with Crippen LogP contribution in [0.4, 0.5) is 0 Å². The first-order valence-electron chi connectivity index (χ1n) is 8.26. The van der Waals surface area contributed by atoms with Crippen LogP contribution in [-0.4, -0.2) is 59.8 Å². The molecule has 25 heavy (non-hydrogen) atoms. The van der Waals surface area contributed by atoms with Crippen LogP contribution >= 0.6 is 11.6 Å². The highest BCUT2D eigenvalue weighted by Crippen LogP contribution is 2.26. The number of nitrogens with zero attached hydrogens (tertiary/aromatic N) is 4. The molecule has 3 rings (SSSR count). The Kier molecular flexibility index (Phi) is 5.30. The van der Waals surface area contributed by atoms with Gasteiger partial charge in [0.05, 0.1) is 24.4 Å². The van der Waals surface area contributed by atoms with E-state index in [-0.39, 0.29) is 5.91 Å². The Morgan fingerprint density at radius 1 is 1.36 bits per heavy atom. The average molecular weight is 363 g/mol. The number of fused-ring (bicyclic) bond motifs is 1. The van der Waals surface area contributed by atoms with Crippen molar-refractivity contribution >= 4 is 17.5 Å². The van der Waals surface area contributed by atoms with Crippen LogP contribution in [0, 0.1) is 5.92 Å². The molecule has 2 heterocycles. The lowest BCUT2D eigenvalue weighted by Gasteiger charge is -2.26. The minimum absolute atomic E-state index is 0.0250. The highest BCUT2D eigenvalue weighted by atomic mass is 35.5. The molecular formula is C18H23ClN4O2. The molecule has 0 bridgehead atoms. The maximum Gasteiger partial charge on any atom is 0.254 e. The predicted molar refractivity (Wildman–Crippen MR) is 97.0 cm³/mol. The SMILES string of the molecule is COc1ccc(C(=O)N2Cc3ccnn3C[C@H](CN(C)C)C2)cc1Cl. The highest BCUT2D eigenvalue weighted by Gasteiger charge is 2.27. The lowest BCUT2D eigenvalue weighted by atomic mass is 10.1. The van der Waals surface area contributed by atoms with Gasteiger partial charge in [-0.2, -0.15) is 5.10 Å². The van der Waals surface area contributed by atoms with Crippen molar-refractivity contribution in [1.29, 1.82) is 0 Å². The molecule has 1 atom stereocenters. The predicted octanol–water partition coefficient (Wildman–Crippen LogP) is 2.38. The van der Waals surface area contributed by atoms with Crippen molar-refractivity contribution in [3.63, 3.8) is 0 Å². The van der Waals surface area contributed by atoms with Crippen molar-refractivity contribution in [3.05, 3.63) is 46.7 Å². The van der Waals surface area contributed by atoms with Gasteiger partial charge >= 0.3 is 0 Å². The van der Waals surface area contributed by atoms with Crippen LogP contribution in [0.5, 0.6) is 5.75 Å². The van der Waals surface area contributed by atoms with Gasteiger partial charge in [0.1, 0.15) is 5.75 Å². The van der Waals surface area contributed by atoms with Crippen molar-refractivity contribution in [2.75, 3.05) is 34.3 Å². The van der Waals surface area contributed by atoms with E-state index >= 15 is 0 Å². The Labute approximate surface area is 152 Å². The molecule has 0 N–H and O–H groups in total. The Bertz CT molecular complexity index is 759. The number of aromatic nitrogens is 2. The molecule has 0 saturated heterocycles. The second kappa shape index (κ2) is 7.45. The molecule has 6 nitrogen and oxygen atoms in total. The van der Waals surface area contributed by atoms with E-state index < -0.39 is 0 Å². The van der Waals surface area contributed by atoms with Crippen molar-refractivity contribution < 1.29 is 9.53 Å². The summed E-state index contributed by atoms with van der Waals surface area (Å²) in [6.07, 6.45) is 1.79. The monoisotopic (exact) mass is 362 g/mol. The number of hydrogen-bond donors (Lipinski definition) is 0. The van der Waals surface area contributed by atoms with Gasteiger partial charge in [-0.15, -0.1) is 0 Å². The summed E-state index contributed by atoms with van der Waals surface area (Å²) < 4.78 is 7.17. The van der Waals surface area contributed by atoms with Crippen LogP contribution in [0.15, 0.2) is 30.5 Å². The smallest absolute Gasteiger partial charge is 0.254 e. The van der Waals surface area contributed by atoms with Crippen LogP contribution in [0.3, 0.4) is 0 Å². The molecule has 2 aromatic rings. The summed E-state index contributed by atoms with van der Waals surface area (Å²) in [6, 6.07) is 7.14. The van der Waals surface area contributed by atoms with E-state index in [1.165, 1.54) is 0 Å². The van der Waals surface area contributed by atoms with Gasteiger partial charge in [-0.05, 0) is 38.4 Å². The molecule has 0 spiro atoms. The van der Waals surface area contributed by atoms with E-state index in [0.717, 1.165) is 18.8 Å². The lowest BCUT2D eigenvalue weighted by molar-refractivity contribution is 0.0711. The first-order chi connectivity index (χ1) is 12.0. The van der Waals surface area contributed by atoms with E-state index in [2.05, 4.69) is 10.00 Å². The highest BCUT2D eigenvalue weighted by molar-refractivity contribution is 6.32. The molecule has 1 amide bonds. The van der Waals surface area contributed by atoms with Crippen molar-refractivity contribution in [1.82, 2.24) is 19.6 Å². The Hall–Kier alpha value is -2.05. The quantitative estimate of drug-likeness (QED) is 0.838. The maximum atomic E-state index is 13.1. The van der Waals surface area contributed by atoms with Gasteiger partial charge in [0.25, 0.3) is 5.91 Å². The second-order valence-electron chi connectivity index (χ2n) is 6.67. The summed E-state index contributed by atoms with van der Waals surface area (Å²) in [5.41, 5.74) is 1.62. The number of methoxy groups -OCH3 is 1. The fourth-order valence-corrected chi connectivity index (χ4v) is 3.56. The first kappa shape index (κ1) is 17.8. The van der Waals surface area contributed by atoms with E-state index in [0.29, 0.717) is 35.3 Å². The molecule has 1 aliphatic rings. The van der Waals surface area contributed by atoms with E-state index in [1.54, 1.807) is 31.5 Å². The fourth-order valence-electron chi connectivity index (χ4n) is 3.30. The lowest BCUT2D eigenvalue weighted by Crippen LogP contribution is -2.37. The summed E-state index contributed by atoms with van der Waals surface area (Å²) in [6.45, 7) is 2.94. The van der Waals surface area contributed by atoms with E-state index in [1.807, 2.05) is 29.7 Å². The molecule has 134 valence electrons. The molecule has 0 radical (unpaired) electrons. The van der Waals surface area contributed by atoms with Gasteiger partial charge in [0.15, 0.2) is 0 Å². The van der Waals surface area contributed by atoms with Crippen LogP contribution in [-0.2, 0) is 13.1 Å². The Morgan fingerprint density at radius 3 is 2.84 bits per heavy atom. The third-order valence-electron chi connectivity index (χ3n) is 4.38. The summed E-state index contributed by atoms with van der Waals surface area (Å²) in [5.74, 6) is 0.856. The zero-order valence-electron chi connectivity index (χ0n) is 14.8. The summed E-state index contributed by atoms with van der Waals surface area (Å²) >= 11 is 6.19. The minimum Gasteiger partial charge on any atom is -0.495 e. The number of hydrogen-bond acceptors (Lipinski definition) is 4. The van der Waals surface area contributed by atoms with Crippen LogP contribution in [0.2, 0.25) is 5.02 Å². The number of benzene rings is 1. The minimum atomic E-state index is -0.0250. The zero-order valence-corrected chi connectivity index (χ0v) is 15.5. The van der Waals surface area contributed by atoms with Crippen molar-refractivity contribution in [2.24, 2.45) is 5.92 Å².